The lowest BCUT2D eigenvalue weighted by molar-refractivity contribution is -0.132. The minimum absolute atomic E-state index is 0.216. The quantitative estimate of drug-likeness (QED) is 0.458. The summed E-state index contributed by atoms with van der Waals surface area (Å²) in [5.74, 6) is -0.172. The van der Waals surface area contributed by atoms with Crippen molar-refractivity contribution in [1.29, 1.82) is 0 Å². The Labute approximate surface area is 146 Å². The molecule has 0 saturated carbocycles. The van der Waals surface area contributed by atoms with Crippen LogP contribution in [-0.2, 0) is 14.3 Å². The van der Waals surface area contributed by atoms with Crippen molar-refractivity contribution in [2.45, 2.75) is 6.92 Å². The molecule has 1 heterocycles. The molecule has 0 amide bonds. The van der Waals surface area contributed by atoms with Crippen LogP contribution in [0.3, 0.4) is 0 Å². The minimum atomic E-state index is -0.503. The fraction of sp³-hybridized carbons (Fsp3) is 0.0556. The van der Waals surface area contributed by atoms with Crippen LogP contribution in [0, 0.1) is 0 Å². The summed E-state index contributed by atoms with van der Waals surface area (Å²) in [6, 6.07) is 14.1. The zero-order valence-electron chi connectivity index (χ0n) is 12.7. The highest BCUT2D eigenvalue weighted by molar-refractivity contribution is 9.10. The monoisotopic (exact) mass is 385 g/mol. The van der Waals surface area contributed by atoms with E-state index >= 15 is 0 Å². The number of aliphatic imine (C=N–C) groups is 1. The fourth-order valence-electron chi connectivity index (χ4n) is 2.08. The van der Waals surface area contributed by atoms with Crippen LogP contribution in [0.25, 0.3) is 6.08 Å². The molecule has 0 atom stereocenters. The number of ether oxygens (including phenoxy) is 2. The van der Waals surface area contributed by atoms with Crippen LogP contribution in [0.5, 0.6) is 5.75 Å². The van der Waals surface area contributed by atoms with E-state index in [4.69, 9.17) is 9.47 Å². The van der Waals surface area contributed by atoms with Crippen molar-refractivity contribution >= 4 is 39.8 Å². The van der Waals surface area contributed by atoms with Gasteiger partial charge in [0.05, 0.1) is 0 Å². The number of hydrogen-bond donors (Lipinski definition) is 0. The van der Waals surface area contributed by atoms with Gasteiger partial charge in [0.1, 0.15) is 5.75 Å². The van der Waals surface area contributed by atoms with Crippen LogP contribution in [0.15, 0.2) is 63.7 Å². The Balaban J connectivity index is 1.83. The Morgan fingerprint density at radius 1 is 1.12 bits per heavy atom. The Morgan fingerprint density at radius 3 is 2.42 bits per heavy atom. The molecule has 3 rings (SSSR count). The first-order valence-corrected chi connectivity index (χ1v) is 7.87. The van der Waals surface area contributed by atoms with E-state index in [9.17, 15) is 9.59 Å². The standard InChI is InChI=1S/C18H12BrNO4/c1-11(21)23-15-8-2-12(3-9-15)10-16-18(22)24-17(20-16)13-4-6-14(19)7-5-13/h2-10H,1H3/b16-10+. The van der Waals surface area contributed by atoms with Gasteiger partial charge in [0.15, 0.2) is 5.70 Å². The van der Waals surface area contributed by atoms with Crippen molar-refractivity contribution in [3.63, 3.8) is 0 Å². The largest absolute Gasteiger partial charge is 0.427 e. The van der Waals surface area contributed by atoms with Gasteiger partial charge < -0.3 is 9.47 Å². The summed E-state index contributed by atoms with van der Waals surface area (Å²) < 4.78 is 11.1. The minimum Gasteiger partial charge on any atom is -0.427 e. The van der Waals surface area contributed by atoms with E-state index in [1.807, 2.05) is 24.3 Å². The summed E-state index contributed by atoms with van der Waals surface area (Å²) in [5, 5.41) is 0. The number of halogens is 1. The smallest absolute Gasteiger partial charge is 0.363 e. The van der Waals surface area contributed by atoms with Crippen LogP contribution in [0.1, 0.15) is 18.1 Å². The average molecular weight is 386 g/mol. The lowest BCUT2D eigenvalue weighted by atomic mass is 10.2. The van der Waals surface area contributed by atoms with Gasteiger partial charge >= 0.3 is 11.9 Å². The molecule has 24 heavy (non-hydrogen) atoms. The van der Waals surface area contributed by atoms with E-state index in [0.717, 1.165) is 15.6 Å². The maximum atomic E-state index is 12.0. The summed E-state index contributed by atoms with van der Waals surface area (Å²) in [5.41, 5.74) is 1.69. The first-order valence-electron chi connectivity index (χ1n) is 7.08. The number of carbonyl (C=O) groups excluding carboxylic acids is 2. The maximum Gasteiger partial charge on any atom is 0.363 e. The highest BCUT2D eigenvalue weighted by atomic mass is 79.9. The molecule has 120 valence electrons. The van der Waals surface area contributed by atoms with Crippen molar-refractivity contribution in [2.75, 3.05) is 0 Å². The van der Waals surface area contributed by atoms with Gasteiger partial charge in [-0.05, 0) is 48.0 Å². The molecule has 0 unspecified atom stereocenters. The second-order valence-corrected chi connectivity index (χ2v) is 5.92. The molecule has 0 bridgehead atoms. The molecule has 0 radical (unpaired) electrons. The Morgan fingerprint density at radius 2 is 1.79 bits per heavy atom. The summed E-state index contributed by atoms with van der Waals surface area (Å²) in [7, 11) is 0. The maximum absolute atomic E-state index is 12.0. The molecule has 5 nitrogen and oxygen atoms in total. The molecule has 0 saturated heterocycles. The Kier molecular flexibility index (Phi) is 4.57. The van der Waals surface area contributed by atoms with Gasteiger partial charge in [-0.25, -0.2) is 9.79 Å². The van der Waals surface area contributed by atoms with Crippen molar-refractivity contribution in [2.24, 2.45) is 4.99 Å². The average Bonchev–Trinajstić information content (AvgIpc) is 2.90. The molecule has 0 aliphatic carbocycles. The number of benzene rings is 2. The van der Waals surface area contributed by atoms with E-state index in [2.05, 4.69) is 20.9 Å². The van der Waals surface area contributed by atoms with Gasteiger partial charge in [0.25, 0.3) is 0 Å². The highest BCUT2D eigenvalue weighted by Gasteiger charge is 2.24. The van der Waals surface area contributed by atoms with Crippen LogP contribution in [0.2, 0.25) is 0 Å². The Bertz CT molecular complexity index is 852. The third kappa shape index (κ3) is 3.78. The summed E-state index contributed by atoms with van der Waals surface area (Å²) in [6.07, 6.45) is 1.62. The molecule has 0 N–H and O–H groups in total. The molecular formula is C18H12BrNO4. The summed E-state index contributed by atoms with van der Waals surface area (Å²) >= 11 is 3.35. The molecule has 6 heteroatoms. The Hall–Kier alpha value is -2.73. The topological polar surface area (TPSA) is 65.0 Å². The number of esters is 2. The molecule has 0 aromatic heterocycles. The zero-order valence-corrected chi connectivity index (χ0v) is 14.2. The summed E-state index contributed by atoms with van der Waals surface area (Å²) in [4.78, 5) is 27.1. The summed E-state index contributed by atoms with van der Waals surface area (Å²) in [6.45, 7) is 1.34. The first-order chi connectivity index (χ1) is 11.5. The van der Waals surface area contributed by atoms with Crippen LogP contribution in [-0.4, -0.2) is 17.8 Å². The van der Waals surface area contributed by atoms with E-state index < -0.39 is 5.97 Å². The van der Waals surface area contributed by atoms with Crippen LogP contribution in [0.4, 0.5) is 0 Å². The SMILES string of the molecule is CC(=O)Oc1ccc(/C=C2/N=C(c3ccc(Br)cc3)OC2=O)cc1. The third-order valence-electron chi connectivity index (χ3n) is 3.16. The number of carbonyl (C=O) groups is 2. The van der Waals surface area contributed by atoms with Gasteiger partial charge in [-0.3, -0.25) is 4.79 Å². The van der Waals surface area contributed by atoms with E-state index in [1.165, 1.54) is 6.92 Å². The predicted molar refractivity (Wildman–Crippen MR) is 92.5 cm³/mol. The molecular weight excluding hydrogens is 374 g/mol. The number of hydrogen-bond acceptors (Lipinski definition) is 5. The lowest BCUT2D eigenvalue weighted by Gasteiger charge is -2.00. The fourth-order valence-corrected chi connectivity index (χ4v) is 2.35. The molecule has 2 aromatic rings. The van der Waals surface area contributed by atoms with E-state index in [1.54, 1.807) is 30.3 Å². The van der Waals surface area contributed by atoms with Crippen LogP contribution >= 0.6 is 15.9 Å². The van der Waals surface area contributed by atoms with Gasteiger partial charge in [-0.1, -0.05) is 28.1 Å². The zero-order chi connectivity index (χ0) is 17.1. The van der Waals surface area contributed by atoms with E-state index in [-0.39, 0.29) is 17.6 Å². The van der Waals surface area contributed by atoms with Gasteiger partial charge in [-0.15, -0.1) is 0 Å². The third-order valence-corrected chi connectivity index (χ3v) is 3.69. The molecule has 2 aromatic carbocycles. The molecule has 0 spiro atoms. The normalized spacial score (nSPS) is 15.2. The van der Waals surface area contributed by atoms with Gasteiger partial charge in [0, 0.05) is 17.0 Å². The van der Waals surface area contributed by atoms with E-state index in [0.29, 0.717) is 5.75 Å². The van der Waals surface area contributed by atoms with Gasteiger partial charge in [0.2, 0.25) is 5.90 Å². The molecule has 0 fully saturated rings. The first kappa shape index (κ1) is 16.1. The lowest BCUT2D eigenvalue weighted by Crippen LogP contribution is -2.05. The number of rotatable bonds is 3. The number of cyclic esters (lactones) is 1. The van der Waals surface area contributed by atoms with Crippen molar-refractivity contribution in [3.05, 3.63) is 69.8 Å². The molecule has 1 aliphatic rings. The van der Waals surface area contributed by atoms with Crippen molar-refractivity contribution < 1.29 is 19.1 Å². The number of nitrogens with zero attached hydrogens (tertiary/aromatic N) is 1. The van der Waals surface area contributed by atoms with Gasteiger partial charge in [-0.2, -0.15) is 0 Å². The second-order valence-electron chi connectivity index (χ2n) is 5.01. The van der Waals surface area contributed by atoms with Crippen LogP contribution < -0.4 is 4.74 Å². The predicted octanol–water partition coefficient (Wildman–Crippen LogP) is 3.72. The van der Waals surface area contributed by atoms with Crippen molar-refractivity contribution in [3.8, 4) is 5.75 Å². The molecule has 1 aliphatic heterocycles. The highest BCUT2D eigenvalue weighted by Crippen LogP contribution is 2.21. The second kappa shape index (κ2) is 6.80. The van der Waals surface area contributed by atoms with Crippen molar-refractivity contribution in [1.82, 2.24) is 0 Å².